The van der Waals surface area contributed by atoms with Gasteiger partial charge in [0.25, 0.3) is 0 Å². The van der Waals surface area contributed by atoms with Crippen LogP contribution in [0.25, 0.3) is 0 Å². The molecule has 0 bridgehead atoms. The number of hydrogen-bond acceptors (Lipinski definition) is 4. The maximum atomic E-state index is 12.1. The van der Waals surface area contributed by atoms with Crippen LogP contribution in [-0.4, -0.2) is 43.0 Å². The van der Waals surface area contributed by atoms with E-state index in [1.165, 1.54) is 7.11 Å². The third kappa shape index (κ3) is 4.09. The van der Waals surface area contributed by atoms with Crippen molar-refractivity contribution in [2.24, 2.45) is 0 Å². The van der Waals surface area contributed by atoms with Gasteiger partial charge in [-0.3, -0.25) is 14.5 Å². The summed E-state index contributed by atoms with van der Waals surface area (Å²) in [6, 6.07) is 4.50. The van der Waals surface area contributed by atoms with Crippen LogP contribution in [0.4, 0.5) is 5.69 Å². The van der Waals surface area contributed by atoms with Crippen molar-refractivity contribution in [1.29, 1.82) is 0 Å². The standard InChI is InChI=1S/C14H16Cl2N2O3/c1-21-14(20)12-3-2-6-18(12)8-13(19)17-11-7-9(15)4-5-10(11)16/h4-5,7,12H,2-3,6,8H2,1H3,(H,17,19). The fourth-order valence-electron chi connectivity index (χ4n) is 2.39. The molecular weight excluding hydrogens is 315 g/mol. The van der Waals surface area contributed by atoms with Gasteiger partial charge < -0.3 is 10.1 Å². The normalized spacial score (nSPS) is 18.5. The van der Waals surface area contributed by atoms with Gasteiger partial charge in [0.05, 0.1) is 24.4 Å². The van der Waals surface area contributed by atoms with Crippen LogP contribution in [0.3, 0.4) is 0 Å². The number of carbonyl (C=O) groups is 2. The van der Waals surface area contributed by atoms with Crippen molar-refractivity contribution in [3.63, 3.8) is 0 Å². The van der Waals surface area contributed by atoms with Crippen LogP contribution in [0.5, 0.6) is 0 Å². The van der Waals surface area contributed by atoms with Crippen LogP contribution in [-0.2, 0) is 14.3 Å². The van der Waals surface area contributed by atoms with Gasteiger partial charge in [-0.05, 0) is 37.6 Å². The summed E-state index contributed by atoms with van der Waals surface area (Å²) in [5.74, 6) is -0.545. The monoisotopic (exact) mass is 330 g/mol. The number of esters is 1. The van der Waals surface area contributed by atoms with Crippen molar-refractivity contribution in [1.82, 2.24) is 4.90 Å². The first-order valence-electron chi connectivity index (χ1n) is 6.58. The largest absolute Gasteiger partial charge is 0.468 e. The van der Waals surface area contributed by atoms with Crippen LogP contribution in [0, 0.1) is 0 Å². The summed E-state index contributed by atoms with van der Waals surface area (Å²) in [5.41, 5.74) is 0.461. The van der Waals surface area contributed by atoms with E-state index in [1.54, 1.807) is 23.1 Å². The zero-order chi connectivity index (χ0) is 15.4. The second kappa shape index (κ2) is 7.11. The Labute approximate surface area is 133 Å². The number of hydrogen-bond donors (Lipinski definition) is 1. The number of nitrogens with zero attached hydrogens (tertiary/aromatic N) is 1. The molecule has 1 fully saturated rings. The summed E-state index contributed by atoms with van der Waals surface area (Å²) in [6.45, 7) is 0.805. The predicted octanol–water partition coefficient (Wildman–Crippen LogP) is 2.57. The Hall–Kier alpha value is -1.30. The number of nitrogens with one attached hydrogen (secondary N) is 1. The lowest BCUT2D eigenvalue weighted by Crippen LogP contribution is -2.41. The summed E-state index contributed by atoms with van der Waals surface area (Å²) < 4.78 is 4.75. The van der Waals surface area contributed by atoms with Gasteiger partial charge in [-0.2, -0.15) is 0 Å². The molecule has 1 atom stereocenters. The van der Waals surface area contributed by atoms with E-state index in [9.17, 15) is 9.59 Å². The number of ether oxygens (including phenoxy) is 1. The van der Waals surface area contributed by atoms with Gasteiger partial charge in [-0.25, -0.2) is 0 Å². The third-order valence-corrected chi connectivity index (χ3v) is 3.95. The number of amides is 1. The minimum atomic E-state index is -0.351. The number of likely N-dealkylation sites (tertiary alicyclic amines) is 1. The van der Waals surface area contributed by atoms with Crippen molar-refractivity contribution in [3.05, 3.63) is 28.2 Å². The molecule has 1 unspecified atom stereocenters. The molecule has 0 radical (unpaired) electrons. The second-order valence-corrected chi connectivity index (χ2v) is 5.67. The van der Waals surface area contributed by atoms with E-state index in [1.807, 2.05) is 0 Å². The maximum Gasteiger partial charge on any atom is 0.323 e. The Morgan fingerprint density at radius 1 is 1.43 bits per heavy atom. The van der Waals surface area contributed by atoms with Crippen molar-refractivity contribution in [2.75, 3.05) is 25.5 Å². The molecule has 1 aliphatic rings. The molecular formula is C14H16Cl2N2O3. The average Bonchev–Trinajstić information content (AvgIpc) is 2.90. The molecule has 1 amide bonds. The quantitative estimate of drug-likeness (QED) is 0.862. The minimum absolute atomic E-state index is 0.114. The summed E-state index contributed by atoms with van der Waals surface area (Å²) in [7, 11) is 1.35. The van der Waals surface area contributed by atoms with Crippen molar-refractivity contribution in [3.8, 4) is 0 Å². The topological polar surface area (TPSA) is 58.6 Å². The minimum Gasteiger partial charge on any atom is -0.468 e. The summed E-state index contributed by atoms with van der Waals surface area (Å²) in [4.78, 5) is 25.5. The molecule has 1 aliphatic heterocycles. The first kappa shape index (κ1) is 16.1. The molecule has 114 valence electrons. The number of rotatable bonds is 4. The SMILES string of the molecule is COC(=O)C1CCCN1CC(=O)Nc1cc(Cl)ccc1Cl. The van der Waals surface area contributed by atoms with E-state index in [2.05, 4.69) is 5.32 Å². The molecule has 0 spiro atoms. The van der Waals surface area contributed by atoms with Gasteiger partial charge >= 0.3 is 5.97 Å². The Balaban J connectivity index is 1.98. The molecule has 1 aromatic carbocycles. The maximum absolute atomic E-state index is 12.1. The summed E-state index contributed by atoms with van der Waals surface area (Å²) in [6.07, 6.45) is 1.57. The highest BCUT2D eigenvalue weighted by atomic mass is 35.5. The highest BCUT2D eigenvalue weighted by molar-refractivity contribution is 6.35. The van der Waals surface area contributed by atoms with Crippen molar-refractivity contribution >= 4 is 40.8 Å². The Bertz CT molecular complexity index is 551. The van der Waals surface area contributed by atoms with Crippen molar-refractivity contribution < 1.29 is 14.3 Å². The molecule has 0 aromatic heterocycles. The lowest BCUT2D eigenvalue weighted by atomic mass is 10.2. The van der Waals surface area contributed by atoms with Crippen LogP contribution >= 0.6 is 23.2 Å². The van der Waals surface area contributed by atoms with Crippen LogP contribution in [0.15, 0.2) is 18.2 Å². The van der Waals surface area contributed by atoms with E-state index < -0.39 is 0 Å². The molecule has 7 heteroatoms. The van der Waals surface area contributed by atoms with Crippen LogP contribution in [0.2, 0.25) is 10.0 Å². The van der Waals surface area contributed by atoms with Gasteiger partial charge in [0, 0.05) is 5.02 Å². The van der Waals surface area contributed by atoms with Crippen LogP contribution < -0.4 is 5.32 Å². The molecule has 1 N–H and O–H groups in total. The fourth-order valence-corrected chi connectivity index (χ4v) is 2.72. The van der Waals surface area contributed by atoms with Crippen LogP contribution in [0.1, 0.15) is 12.8 Å². The molecule has 1 aromatic rings. The smallest absolute Gasteiger partial charge is 0.323 e. The Morgan fingerprint density at radius 2 is 2.19 bits per heavy atom. The number of methoxy groups -OCH3 is 1. The fraction of sp³-hybridized carbons (Fsp3) is 0.429. The zero-order valence-corrected chi connectivity index (χ0v) is 13.1. The molecule has 1 saturated heterocycles. The highest BCUT2D eigenvalue weighted by Gasteiger charge is 2.32. The molecule has 2 rings (SSSR count). The molecule has 21 heavy (non-hydrogen) atoms. The molecule has 0 saturated carbocycles. The van der Waals surface area contributed by atoms with E-state index in [0.29, 0.717) is 28.7 Å². The van der Waals surface area contributed by atoms with Gasteiger partial charge in [0.1, 0.15) is 6.04 Å². The predicted molar refractivity (Wildman–Crippen MR) is 81.7 cm³/mol. The summed E-state index contributed by atoms with van der Waals surface area (Å²) >= 11 is 11.9. The molecule has 5 nitrogen and oxygen atoms in total. The highest BCUT2D eigenvalue weighted by Crippen LogP contribution is 2.25. The third-order valence-electron chi connectivity index (χ3n) is 3.39. The molecule has 1 heterocycles. The Kier molecular flexibility index (Phi) is 5.45. The molecule has 0 aliphatic carbocycles. The van der Waals surface area contributed by atoms with Gasteiger partial charge in [-0.15, -0.1) is 0 Å². The van der Waals surface area contributed by atoms with E-state index in [0.717, 1.165) is 6.42 Å². The van der Waals surface area contributed by atoms with Gasteiger partial charge in [0.15, 0.2) is 0 Å². The lowest BCUT2D eigenvalue weighted by molar-refractivity contribution is -0.146. The first-order valence-corrected chi connectivity index (χ1v) is 7.33. The van der Waals surface area contributed by atoms with E-state index >= 15 is 0 Å². The average molecular weight is 331 g/mol. The number of halogens is 2. The summed E-state index contributed by atoms with van der Waals surface area (Å²) in [5, 5.41) is 3.61. The van der Waals surface area contributed by atoms with Crippen molar-refractivity contribution in [2.45, 2.75) is 18.9 Å². The zero-order valence-electron chi connectivity index (χ0n) is 11.6. The van der Waals surface area contributed by atoms with Gasteiger partial charge in [0.2, 0.25) is 5.91 Å². The van der Waals surface area contributed by atoms with E-state index in [4.69, 9.17) is 27.9 Å². The van der Waals surface area contributed by atoms with E-state index in [-0.39, 0.29) is 24.5 Å². The number of carbonyl (C=O) groups excluding carboxylic acids is 2. The number of anilines is 1. The second-order valence-electron chi connectivity index (χ2n) is 4.82. The first-order chi connectivity index (χ1) is 10.0. The Morgan fingerprint density at radius 3 is 2.90 bits per heavy atom. The number of benzene rings is 1. The van der Waals surface area contributed by atoms with Gasteiger partial charge in [-0.1, -0.05) is 23.2 Å². The lowest BCUT2D eigenvalue weighted by Gasteiger charge is -2.21.